The zero-order valence-corrected chi connectivity index (χ0v) is 18.3. The van der Waals surface area contributed by atoms with Crippen LogP contribution in [0.1, 0.15) is 46.1 Å². The molecule has 0 saturated carbocycles. The first kappa shape index (κ1) is 21.4. The number of halogens is 1. The maximum Gasteiger partial charge on any atom is 0.290 e. The molecular weight excluding hydrogens is 414 g/mol. The maximum atomic E-state index is 12.5. The van der Waals surface area contributed by atoms with Gasteiger partial charge in [0, 0.05) is 36.6 Å². The minimum absolute atomic E-state index is 0.246. The third-order valence-electron chi connectivity index (χ3n) is 5.58. The van der Waals surface area contributed by atoms with Crippen LogP contribution in [0.2, 0.25) is 5.02 Å². The molecule has 2 heterocycles. The van der Waals surface area contributed by atoms with E-state index in [0.29, 0.717) is 6.54 Å². The van der Waals surface area contributed by atoms with E-state index in [-0.39, 0.29) is 17.6 Å². The molecule has 1 amide bonds. The summed E-state index contributed by atoms with van der Waals surface area (Å²) in [7, 11) is 1.63. The SMILES string of the molecule is COc1ccc(CNC(=O)c2cc([C@@H]3CCCN(Cc4cccc(Cl)c4)C3)no2)cc1. The molecule has 0 unspecified atom stereocenters. The molecule has 1 aliphatic rings. The minimum atomic E-state index is -0.263. The molecule has 7 heteroatoms. The van der Waals surface area contributed by atoms with Gasteiger partial charge in [0.1, 0.15) is 5.75 Å². The molecule has 1 atom stereocenters. The summed E-state index contributed by atoms with van der Waals surface area (Å²) in [6, 6.07) is 17.3. The van der Waals surface area contributed by atoms with Crippen LogP contribution in [0.3, 0.4) is 0 Å². The number of aromatic nitrogens is 1. The van der Waals surface area contributed by atoms with Gasteiger partial charge in [-0.1, -0.05) is 41.0 Å². The summed E-state index contributed by atoms with van der Waals surface area (Å²) in [6.07, 6.45) is 2.11. The highest BCUT2D eigenvalue weighted by atomic mass is 35.5. The molecule has 0 radical (unpaired) electrons. The van der Waals surface area contributed by atoms with Gasteiger partial charge in [-0.2, -0.15) is 0 Å². The molecule has 0 aliphatic carbocycles. The number of rotatable bonds is 7. The van der Waals surface area contributed by atoms with Crippen molar-refractivity contribution < 1.29 is 14.1 Å². The van der Waals surface area contributed by atoms with Crippen molar-refractivity contribution in [2.24, 2.45) is 0 Å². The van der Waals surface area contributed by atoms with Gasteiger partial charge in [-0.3, -0.25) is 9.69 Å². The smallest absolute Gasteiger partial charge is 0.290 e. The number of carbonyl (C=O) groups excluding carboxylic acids is 1. The predicted octanol–water partition coefficient (Wildman–Crippen LogP) is 4.65. The number of hydrogen-bond donors (Lipinski definition) is 1. The van der Waals surface area contributed by atoms with Crippen LogP contribution in [-0.2, 0) is 13.1 Å². The predicted molar refractivity (Wildman–Crippen MR) is 119 cm³/mol. The highest BCUT2D eigenvalue weighted by molar-refractivity contribution is 6.30. The van der Waals surface area contributed by atoms with Crippen molar-refractivity contribution in [3.05, 3.63) is 82.2 Å². The molecule has 4 rings (SSSR count). The van der Waals surface area contributed by atoms with Gasteiger partial charge >= 0.3 is 0 Å². The molecule has 31 heavy (non-hydrogen) atoms. The molecule has 3 aromatic rings. The van der Waals surface area contributed by atoms with Gasteiger partial charge in [0.05, 0.1) is 12.8 Å². The molecule has 0 spiro atoms. The minimum Gasteiger partial charge on any atom is -0.497 e. The number of nitrogens with zero attached hydrogens (tertiary/aromatic N) is 2. The van der Waals surface area contributed by atoms with Crippen molar-refractivity contribution in [1.82, 2.24) is 15.4 Å². The second-order valence-electron chi connectivity index (χ2n) is 7.85. The van der Waals surface area contributed by atoms with E-state index in [2.05, 4.69) is 21.4 Å². The molecule has 0 bridgehead atoms. The molecule has 1 aromatic heterocycles. The van der Waals surface area contributed by atoms with Crippen LogP contribution in [0, 0.1) is 0 Å². The first-order valence-corrected chi connectivity index (χ1v) is 10.8. The Labute approximate surface area is 187 Å². The molecule has 2 aromatic carbocycles. The summed E-state index contributed by atoms with van der Waals surface area (Å²) in [5.74, 6) is 1.02. The van der Waals surface area contributed by atoms with E-state index in [4.69, 9.17) is 20.9 Å². The number of benzene rings is 2. The number of carbonyl (C=O) groups is 1. The number of likely N-dealkylation sites (tertiary alicyclic amines) is 1. The van der Waals surface area contributed by atoms with E-state index in [0.717, 1.165) is 54.5 Å². The van der Waals surface area contributed by atoms with Gasteiger partial charge < -0.3 is 14.6 Å². The lowest BCUT2D eigenvalue weighted by molar-refractivity contribution is 0.0913. The number of amides is 1. The van der Waals surface area contributed by atoms with Crippen LogP contribution in [0.5, 0.6) is 5.75 Å². The number of hydrogen-bond acceptors (Lipinski definition) is 5. The number of methoxy groups -OCH3 is 1. The van der Waals surface area contributed by atoms with Crippen molar-refractivity contribution in [3.8, 4) is 5.75 Å². The van der Waals surface area contributed by atoms with E-state index in [1.807, 2.05) is 42.5 Å². The second-order valence-corrected chi connectivity index (χ2v) is 8.29. The van der Waals surface area contributed by atoms with Crippen molar-refractivity contribution in [1.29, 1.82) is 0 Å². The molecule has 1 N–H and O–H groups in total. The van der Waals surface area contributed by atoms with Crippen LogP contribution in [-0.4, -0.2) is 36.2 Å². The van der Waals surface area contributed by atoms with Crippen LogP contribution in [0.4, 0.5) is 0 Å². The first-order valence-electron chi connectivity index (χ1n) is 10.5. The second kappa shape index (κ2) is 9.98. The number of ether oxygens (including phenoxy) is 1. The summed E-state index contributed by atoms with van der Waals surface area (Å²) in [5, 5.41) is 7.83. The zero-order valence-electron chi connectivity index (χ0n) is 17.5. The summed E-state index contributed by atoms with van der Waals surface area (Å²) in [5.41, 5.74) is 3.02. The number of nitrogens with one attached hydrogen (secondary N) is 1. The normalized spacial score (nSPS) is 16.8. The summed E-state index contributed by atoms with van der Waals surface area (Å²) in [6.45, 7) is 3.18. The summed E-state index contributed by atoms with van der Waals surface area (Å²) < 4.78 is 10.5. The molecule has 1 aliphatic heterocycles. The Morgan fingerprint density at radius 2 is 2.06 bits per heavy atom. The Hall–Kier alpha value is -2.83. The lowest BCUT2D eigenvalue weighted by Gasteiger charge is -2.31. The third kappa shape index (κ3) is 5.66. The van der Waals surface area contributed by atoms with Crippen LogP contribution < -0.4 is 10.1 Å². The van der Waals surface area contributed by atoms with Crippen LogP contribution in [0.15, 0.2) is 59.1 Å². The Kier molecular flexibility index (Phi) is 6.89. The standard InChI is InChI=1S/C24H26ClN3O3/c1-30-21-9-7-17(8-10-21)14-26-24(29)23-13-22(27-31-23)19-5-3-11-28(16-19)15-18-4-2-6-20(25)12-18/h2,4,6-10,12-13,19H,3,5,11,14-16H2,1H3,(H,26,29)/t19-/m1/s1. The van der Waals surface area contributed by atoms with Gasteiger partial charge in [-0.15, -0.1) is 0 Å². The molecular formula is C24H26ClN3O3. The highest BCUT2D eigenvalue weighted by Gasteiger charge is 2.25. The van der Waals surface area contributed by atoms with Crippen LogP contribution >= 0.6 is 11.6 Å². The highest BCUT2D eigenvalue weighted by Crippen LogP contribution is 2.28. The largest absolute Gasteiger partial charge is 0.497 e. The average Bonchev–Trinajstić information content (AvgIpc) is 3.29. The van der Waals surface area contributed by atoms with E-state index in [1.54, 1.807) is 13.2 Å². The van der Waals surface area contributed by atoms with Gasteiger partial charge in [-0.05, 0) is 54.8 Å². The van der Waals surface area contributed by atoms with E-state index < -0.39 is 0 Å². The van der Waals surface area contributed by atoms with Gasteiger partial charge in [0.25, 0.3) is 5.91 Å². The van der Waals surface area contributed by atoms with Gasteiger partial charge in [0.15, 0.2) is 0 Å². The van der Waals surface area contributed by atoms with Crippen molar-refractivity contribution >= 4 is 17.5 Å². The number of piperidine rings is 1. The van der Waals surface area contributed by atoms with Crippen molar-refractivity contribution in [3.63, 3.8) is 0 Å². The summed E-state index contributed by atoms with van der Waals surface area (Å²) >= 11 is 6.11. The Morgan fingerprint density at radius 1 is 1.23 bits per heavy atom. The Bertz CT molecular complexity index is 1020. The van der Waals surface area contributed by atoms with Gasteiger partial charge in [-0.25, -0.2) is 0 Å². The lowest BCUT2D eigenvalue weighted by atomic mass is 9.94. The molecule has 162 valence electrons. The van der Waals surface area contributed by atoms with E-state index in [9.17, 15) is 4.79 Å². The maximum absolute atomic E-state index is 12.5. The first-order chi connectivity index (χ1) is 15.1. The fourth-order valence-corrected chi connectivity index (χ4v) is 4.15. The van der Waals surface area contributed by atoms with Crippen molar-refractivity contribution in [2.45, 2.75) is 31.8 Å². The van der Waals surface area contributed by atoms with Crippen LogP contribution in [0.25, 0.3) is 0 Å². The summed E-state index contributed by atoms with van der Waals surface area (Å²) in [4.78, 5) is 14.9. The third-order valence-corrected chi connectivity index (χ3v) is 5.82. The quantitative estimate of drug-likeness (QED) is 0.580. The fourth-order valence-electron chi connectivity index (χ4n) is 3.94. The fraction of sp³-hybridized carbons (Fsp3) is 0.333. The van der Waals surface area contributed by atoms with Crippen molar-refractivity contribution in [2.75, 3.05) is 20.2 Å². The Morgan fingerprint density at radius 3 is 2.84 bits per heavy atom. The molecule has 1 saturated heterocycles. The lowest BCUT2D eigenvalue weighted by Crippen LogP contribution is -2.34. The van der Waals surface area contributed by atoms with Gasteiger partial charge in [0.2, 0.25) is 5.76 Å². The Balaban J connectivity index is 1.33. The zero-order chi connectivity index (χ0) is 21.6. The molecule has 1 fully saturated rings. The van der Waals surface area contributed by atoms with E-state index >= 15 is 0 Å². The van der Waals surface area contributed by atoms with E-state index in [1.165, 1.54) is 5.56 Å². The monoisotopic (exact) mass is 439 g/mol. The molecule has 6 nitrogen and oxygen atoms in total. The average molecular weight is 440 g/mol. The topological polar surface area (TPSA) is 67.6 Å².